The molecule has 124 valence electrons. The van der Waals surface area contributed by atoms with Crippen molar-refractivity contribution in [3.8, 4) is 11.1 Å². The molecule has 1 saturated carbocycles. The molecule has 2 aromatic heterocycles. The van der Waals surface area contributed by atoms with Crippen LogP contribution in [0.4, 0.5) is 10.1 Å². The van der Waals surface area contributed by atoms with Crippen LogP contribution in [0.5, 0.6) is 0 Å². The number of nitrogens with one attached hydrogen (secondary N) is 2. The second kappa shape index (κ2) is 5.59. The van der Waals surface area contributed by atoms with Gasteiger partial charge in [0, 0.05) is 17.8 Å². The van der Waals surface area contributed by atoms with Crippen molar-refractivity contribution in [2.24, 2.45) is 0 Å². The van der Waals surface area contributed by atoms with Crippen molar-refractivity contribution >= 4 is 26.7 Å². The Kier molecular flexibility index (Phi) is 3.53. The number of rotatable bonds is 4. The lowest BCUT2D eigenvalue weighted by atomic mass is 10.0. The molecule has 2 heterocycles. The normalized spacial score (nSPS) is 15.4. The summed E-state index contributed by atoms with van der Waals surface area (Å²) in [5.41, 5.74) is 2.23. The molecule has 1 aliphatic rings. The number of H-pyrrole nitrogens is 1. The number of anilines is 1. The highest BCUT2D eigenvalue weighted by Crippen LogP contribution is 2.31. The summed E-state index contributed by atoms with van der Waals surface area (Å²) < 4.78 is 41.1. The Morgan fingerprint density at radius 2 is 2.04 bits per heavy atom. The number of fused-ring (bicyclic) bond motifs is 1. The lowest BCUT2D eigenvalue weighted by molar-refractivity contribution is 0.479. The summed E-state index contributed by atoms with van der Waals surface area (Å²) in [5, 5.41) is 0.482. The molecule has 2 N–H and O–H groups in total. The Labute approximate surface area is 139 Å². The maximum absolute atomic E-state index is 14.4. The van der Waals surface area contributed by atoms with Gasteiger partial charge in [0.05, 0.1) is 10.9 Å². The van der Waals surface area contributed by atoms with E-state index in [1.54, 1.807) is 18.5 Å². The minimum absolute atomic E-state index is 0.00924. The van der Waals surface area contributed by atoms with E-state index in [-0.39, 0.29) is 5.69 Å². The van der Waals surface area contributed by atoms with Gasteiger partial charge in [-0.25, -0.2) is 17.8 Å². The lowest BCUT2D eigenvalue weighted by Crippen LogP contribution is -2.33. The van der Waals surface area contributed by atoms with E-state index in [0.717, 1.165) is 23.0 Å². The zero-order valence-electron chi connectivity index (χ0n) is 12.8. The van der Waals surface area contributed by atoms with Crippen LogP contribution in [0.1, 0.15) is 19.3 Å². The van der Waals surface area contributed by atoms with E-state index in [9.17, 15) is 12.8 Å². The van der Waals surface area contributed by atoms with Gasteiger partial charge in [0.1, 0.15) is 11.5 Å². The van der Waals surface area contributed by atoms with E-state index in [2.05, 4.69) is 14.7 Å². The van der Waals surface area contributed by atoms with E-state index in [4.69, 9.17) is 0 Å². The van der Waals surface area contributed by atoms with Crippen LogP contribution in [-0.2, 0) is 10.0 Å². The quantitative estimate of drug-likeness (QED) is 0.758. The molecule has 3 aromatic rings. The van der Waals surface area contributed by atoms with Crippen molar-refractivity contribution in [2.45, 2.75) is 24.5 Å². The molecular weight excluding hydrogens is 329 g/mol. The molecule has 1 aliphatic carbocycles. The summed E-state index contributed by atoms with van der Waals surface area (Å²) in [7, 11) is -3.51. The molecule has 24 heavy (non-hydrogen) atoms. The predicted molar refractivity (Wildman–Crippen MR) is 91.7 cm³/mol. The first-order chi connectivity index (χ1) is 11.5. The molecule has 7 heteroatoms. The maximum atomic E-state index is 14.4. The third-order valence-electron chi connectivity index (χ3n) is 4.48. The van der Waals surface area contributed by atoms with Gasteiger partial charge >= 0.3 is 0 Å². The van der Waals surface area contributed by atoms with Gasteiger partial charge in [-0.1, -0.05) is 12.5 Å². The molecule has 0 spiro atoms. The molecule has 0 atom stereocenters. The SMILES string of the molecule is O=S(=O)(Nc1ccc(-c2ccnc3[nH]ccc23)cc1F)C1CCC1. The average Bonchev–Trinajstić information content (AvgIpc) is 2.95. The Balaban J connectivity index is 1.68. The number of halogens is 1. The van der Waals surface area contributed by atoms with Gasteiger partial charge in [-0.3, -0.25) is 4.72 Å². The first-order valence-corrected chi connectivity index (χ1v) is 9.33. The fourth-order valence-corrected chi connectivity index (χ4v) is 4.49. The standard InChI is InChI=1S/C17H16FN3O2S/c18-15-10-11(13-6-8-19-17-14(13)7-9-20-17)4-5-16(15)21-24(22,23)12-2-1-3-12/h4-10,12,21H,1-3H2,(H,19,20). The fraction of sp³-hybridized carbons (Fsp3) is 0.235. The molecule has 5 nitrogen and oxygen atoms in total. The third-order valence-corrected chi connectivity index (χ3v) is 6.34. The number of sulfonamides is 1. The smallest absolute Gasteiger partial charge is 0.235 e. The maximum Gasteiger partial charge on any atom is 0.235 e. The summed E-state index contributed by atoms with van der Waals surface area (Å²) >= 11 is 0. The molecule has 0 bridgehead atoms. The average molecular weight is 345 g/mol. The highest BCUT2D eigenvalue weighted by molar-refractivity contribution is 7.93. The summed E-state index contributed by atoms with van der Waals surface area (Å²) in [5.74, 6) is -0.587. The van der Waals surface area contributed by atoms with Crippen molar-refractivity contribution < 1.29 is 12.8 Å². The highest BCUT2D eigenvalue weighted by Gasteiger charge is 2.31. The number of aromatic amines is 1. The molecule has 0 saturated heterocycles. The fourth-order valence-electron chi connectivity index (χ4n) is 2.90. The van der Waals surface area contributed by atoms with Crippen LogP contribution < -0.4 is 4.72 Å². The number of hydrogen-bond acceptors (Lipinski definition) is 3. The van der Waals surface area contributed by atoms with Crippen LogP contribution in [0.15, 0.2) is 42.7 Å². The van der Waals surface area contributed by atoms with Crippen LogP contribution in [0.3, 0.4) is 0 Å². The zero-order valence-corrected chi connectivity index (χ0v) is 13.6. The summed E-state index contributed by atoms with van der Waals surface area (Å²) in [4.78, 5) is 7.23. The van der Waals surface area contributed by atoms with Gasteiger partial charge in [-0.05, 0) is 48.2 Å². The Morgan fingerprint density at radius 1 is 1.21 bits per heavy atom. The molecular formula is C17H16FN3O2S. The first-order valence-electron chi connectivity index (χ1n) is 7.78. The largest absolute Gasteiger partial charge is 0.346 e. The number of hydrogen-bond donors (Lipinski definition) is 2. The highest BCUT2D eigenvalue weighted by atomic mass is 32.2. The van der Waals surface area contributed by atoms with Gasteiger partial charge in [0.2, 0.25) is 10.0 Å². The van der Waals surface area contributed by atoms with E-state index in [1.165, 1.54) is 12.1 Å². The Morgan fingerprint density at radius 3 is 2.75 bits per heavy atom. The monoisotopic (exact) mass is 345 g/mol. The van der Waals surface area contributed by atoms with Gasteiger partial charge in [0.25, 0.3) is 0 Å². The lowest BCUT2D eigenvalue weighted by Gasteiger charge is -2.25. The molecule has 0 amide bonds. The van der Waals surface area contributed by atoms with Crippen LogP contribution in [0, 0.1) is 5.82 Å². The minimum Gasteiger partial charge on any atom is -0.346 e. The van der Waals surface area contributed by atoms with Crippen molar-refractivity contribution in [3.63, 3.8) is 0 Å². The zero-order chi connectivity index (χ0) is 16.7. The molecule has 0 aliphatic heterocycles. The van der Waals surface area contributed by atoms with Crippen molar-refractivity contribution in [1.29, 1.82) is 0 Å². The van der Waals surface area contributed by atoms with E-state index in [0.29, 0.717) is 18.4 Å². The van der Waals surface area contributed by atoms with E-state index in [1.807, 2.05) is 12.1 Å². The van der Waals surface area contributed by atoms with Gasteiger partial charge < -0.3 is 4.98 Å². The third kappa shape index (κ3) is 2.54. The predicted octanol–water partition coefficient (Wildman–Crippen LogP) is 3.66. The number of pyridine rings is 1. The molecule has 1 fully saturated rings. The van der Waals surface area contributed by atoms with Crippen molar-refractivity contribution in [2.75, 3.05) is 4.72 Å². The summed E-state index contributed by atoms with van der Waals surface area (Å²) in [6, 6.07) is 8.22. The topological polar surface area (TPSA) is 74.8 Å². The first kappa shape index (κ1) is 15.1. The number of nitrogens with zero attached hydrogens (tertiary/aromatic N) is 1. The van der Waals surface area contributed by atoms with Crippen LogP contribution in [0.25, 0.3) is 22.2 Å². The van der Waals surface area contributed by atoms with Gasteiger partial charge in [-0.15, -0.1) is 0 Å². The molecule has 0 radical (unpaired) electrons. The number of aromatic nitrogens is 2. The molecule has 4 rings (SSSR count). The Hall–Kier alpha value is -2.41. The molecule has 0 unspecified atom stereocenters. The van der Waals surface area contributed by atoms with Gasteiger partial charge in [0.15, 0.2) is 0 Å². The second-order valence-corrected chi connectivity index (χ2v) is 7.95. The second-order valence-electron chi connectivity index (χ2n) is 5.99. The van der Waals surface area contributed by atoms with Crippen LogP contribution in [0.2, 0.25) is 0 Å². The van der Waals surface area contributed by atoms with E-state index >= 15 is 0 Å². The van der Waals surface area contributed by atoms with Crippen LogP contribution in [-0.4, -0.2) is 23.6 Å². The minimum atomic E-state index is -3.51. The van der Waals surface area contributed by atoms with Crippen LogP contribution >= 0.6 is 0 Å². The number of benzene rings is 1. The van der Waals surface area contributed by atoms with Crippen molar-refractivity contribution in [1.82, 2.24) is 9.97 Å². The summed E-state index contributed by atoms with van der Waals surface area (Å²) in [6.07, 6.45) is 5.61. The van der Waals surface area contributed by atoms with Crippen molar-refractivity contribution in [3.05, 3.63) is 48.5 Å². The molecule has 1 aromatic carbocycles. The Bertz CT molecular complexity index is 1010. The van der Waals surface area contributed by atoms with E-state index < -0.39 is 21.1 Å². The van der Waals surface area contributed by atoms with Gasteiger partial charge in [-0.2, -0.15) is 0 Å². The summed E-state index contributed by atoms with van der Waals surface area (Å²) in [6.45, 7) is 0.